The molecular formula is C12H14O4. The van der Waals surface area contributed by atoms with Gasteiger partial charge in [-0.25, -0.2) is 0 Å². The second-order valence-corrected chi connectivity index (χ2v) is 5.17. The van der Waals surface area contributed by atoms with Crippen LogP contribution >= 0.6 is 0 Å². The first-order valence-electron chi connectivity index (χ1n) is 5.78. The van der Waals surface area contributed by atoms with E-state index in [2.05, 4.69) is 0 Å². The molecule has 4 fully saturated rings. The molecule has 0 N–H and O–H groups in total. The smallest absolute Gasteiger partial charge is 0.310 e. The van der Waals surface area contributed by atoms with Gasteiger partial charge in [0.05, 0.1) is 13.0 Å². The molecule has 4 saturated carbocycles. The van der Waals surface area contributed by atoms with Crippen molar-refractivity contribution in [1.82, 2.24) is 0 Å². The summed E-state index contributed by atoms with van der Waals surface area (Å²) in [5.74, 6) is -0.904. The van der Waals surface area contributed by atoms with Crippen molar-refractivity contribution in [2.75, 3.05) is 7.11 Å². The predicted molar refractivity (Wildman–Crippen MR) is 53.3 cm³/mol. The van der Waals surface area contributed by atoms with E-state index in [0.29, 0.717) is 12.8 Å². The normalized spacial score (nSPS) is 44.9. The van der Waals surface area contributed by atoms with Crippen molar-refractivity contribution in [3.05, 3.63) is 0 Å². The van der Waals surface area contributed by atoms with Crippen LogP contribution in [0, 0.1) is 29.6 Å². The second kappa shape index (κ2) is 3.15. The van der Waals surface area contributed by atoms with E-state index in [0.717, 1.165) is 6.42 Å². The van der Waals surface area contributed by atoms with Crippen LogP contribution in [0.5, 0.6) is 0 Å². The summed E-state index contributed by atoms with van der Waals surface area (Å²) in [5.41, 5.74) is 0. The van der Waals surface area contributed by atoms with Gasteiger partial charge in [-0.3, -0.25) is 14.4 Å². The molecule has 0 saturated heterocycles. The minimum Gasteiger partial charge on any atom is -0.469 e. The molecule has 0 heterocycles. The average molecular weight is 222 g/mol. The number of carbonyl (C=O) groups excluding carboxylic acids is 3. The molecule has 0 radical (unpaired) electrons. The number of hydrogen-bond acceptors (Lipinski definition) is 4. The summed E-state index contributed by atoms with van der Waals surface area (Å²) in [5, 5.41) is 0. The van der Waals surface area contributed by atoms with Crippen molar-refractivity contribution in [1.29, 1.82) is 0 Å². The van der Waals surface area contributed by atoms with E-state index in [1.54, 1.807) is 0 Å². The number of ketones is 2. The first kappa shape index (κ1) is 10.00. The molecule has 0 aromatic rings. The molecule has 0 aromatic heterocycles. The quantitative estimate of drug-likeness (QED) is 0.609. The van der Waals surface area contributed by atoms with Crippen molar-refractivity contribution in [2.24, 2.45) is 29.6 Å². The summed E-state index contributed by atoms with van der Waals surface area (Å²) in [6, 6.07) is 0. The van der Waals surface area contributed by atoms with Crippen LogP contribution in [0.15, 0.2) is 0 Å². The third kappa shape index (κ3) is 1.07. The third-order valence-electron chi connectivity index (χ3n) is 4.52. The lowest BCUT2D eigenvalue weighted by Crippen LogP contribution is -2.58. The highest BCUT2D eigenvalue weighted by atomic mass is 16.5. The van der Waals surface area contributed by atoms with Crippen LogP contribution in [0.1, 0.15) is 19.3 Å². The van der Waals surface area contributed by atoms with Crippen molar-refractivity contribution in [2.45, 2.75) is 19.3 Å². The maximum atomic E-state index is 12.0. The van der Waals surface area contributed by atoms with Crippen molar-refractivity contribution in [3.63, 3.8) is 0 Å². The Labute approximate surface area is 93.3 Å². The maximum Gasteiger partial charge on any atom is 0.310 e. The molecule has 0 unspecified atom stereocenters. The number of ether oxygens (including phenoxy) is 1. The van der Waals surface area contributed by atoms with Gasteiger partial charge < -0.3 is 4.74 Å². The van der Waals surface area contributed by atoms with Crippen LogP contribution in [0.2, 0.25) is 0 Å². The van der Waals surface area contributed by atoms with Crippen LogP contribution < -0.4 is 0 Å². The summed E-state index contributed by atoms with van der Waals surface area (Å²) >= 11 is 0. The van der Waals surface area contributed by atoms with Crippen molar-refractivity contribution >= 4 is 17.5 Å². The molecule has 86 valence electrons. The Morgan fingerprint density at radius 2 is 1.56 bits per heavy atom. The van der Waals surface area contributed by atoms with Gasteiger partial charge in [0.1, 0.15) is 11.6 Å². The van der Waals surface area contributed by atoms with Crippen molar-refractivity contribution in [3.8, 4) is 0 Å². The number of Topliss-reactive ketones (excluding diaryl/α,β-unsaturated/α-hetero) is 2. The number of rotatable bonds is 1. The lowest BCUT2D eigenvalue weighted by molar-refractivity contribution is -0.171. The third-order valence-corrected chi connectivity index (χ3v) is 4.52. The molecular weight excluding hydrogens is 208 g/mol. The van der Waals surface area contributed by atoms with E-state index in [1.165, 1.54) is 7.11 Å². The standard InChI is InChI=1S/C12H14O4/c1-16-12(15)9-7-3-5-2-6(11(7)14)4-8(9)10(5)13/h5-9H,2-4H2,1H3/t5-,6-,7+,8+/m1/s1. The Balaban J connectivity index is 1.99. The van der Waals surface area contributed by atoms with Crippen LogP contribution in [0.4, 0.5) is 0 Å². The topological polar surface area (TPSA) is 60.4 Å². The van der Waals surface area contributed by atoms with Gasteiger partial charge in [0.15, 0.2) is 0 Å². The van der Waals surface area contributed by atoms with Gasteiger partial charge in [-0.1, -0.05) is 0 Å². The molecule has 0 aromatic carbocycles. The Morgan fingerprint density at radius 3 is 2.00 bits per heavy atom. The Morgan fingerprint density at radius 1 is 1.06 bits per heavy atom. The zero-order chi connectivity index (χ0) is 11.4. The number of hydrogen-bond donors (Lipinski definition) is 0. The van der Waals surface area contributed by atoms with Gasteiger partial charge >= 0.3 is 5.97 Å². The minimum atomic E-state index is -0.488. The number of carbonyl (C=O) groups is 3. The van der Waals surface area contributed by atoms with Gasteiger partial charge in [0, 0.05) is 23.7 Å². The molecule has 4 bridgehead atoms. The number of esters is 1. The zero-order valence-corrected chi connectivity index (χ0v) is 9.14. The molecule has 4 nitrogen and oxygen atoms in total. The summed E-state index contributed by atoms with van der Waals surface area (Å²) in [6.45, 7) is 0. The highest BCUT2D eigenvalue weighted by molar-refractivity contribution is 6.00. The molecule has 4 heteroatoms. The average Bonchev–Trinajstić information content (AvgIpc) is 2.27. The van der Waals surface area contributed by atoms with Gasteiger partial charge in [0.2, 0.25) is 0 Å². The maximum absolute atomic E-state index is 12.0. The lowest BCUT2D eigenvalue weighted by atomic mass is 9.50. The van der Waals surface area contributed by atoms with Gasteiger partial charge in [-0.05, 0) is 19.3 Å². The fourth-order valence-electron chi connectivity index (χ4n) is 3.84. The van der Waals surface area contributed by atoms with Crippen molar-refractivity contribution < 1.29 is 19.1 Å². The van der Waals surface area contributed by atoms with Gasteiger partial charge in [-0.2, -0.15) is 0 Å². The summed E-state index contributed by atoms with van der Waals surface area (Å²) < 4.78 is 4.73. The molecule has 0 spiro atoms. The summed E-state index contributed by atoms with van der Waals surface area (Å²) in [4.78, 5) is 35.7. The second-order valence-electron chi connectivity index (χ2n) is 5.17. The number of methoxy groups -OCH3 is 1. The molecule has 4 aliphatic rings. The highest BCUT2D eigenvalue weighted by Gasteiger charge is 2.59. The van der Waals surface area contributed by atoms with E-state index in [4.69, 9.17) is 4.74 Å². The zero-order valence-electron chi connectivity index (χ0n) is 9.14. The summed E-state index contributed by atoms with van der Waals surface area (Å²) in [6.07, 6.45) is 1.87. The lowest BCUT2D eigenvalue weighted by Gasteiger charge is -2.50. The van der Waals surface area contributed by atoms with Crippen LogP contribution in [-0.2, 0) is 19.1 Å². The van der Waals surface area contributed by atoms with Gasteiger partial charge in [-0.15, -0.1) is 0 Å². The fourth-order valence-corrected chi connectivity index (χ4v) is 3.84. The SMILES string of the molecule is COC(=O)C1[C@@H]2C[C@H]3C[C@H](C[C@@H]1C3=O)C2=O. The summed E-state index contributed by atoms with van der Waals surface area (Å²) in [7, 11) is 1.32. The highest BCUT2D eigenvalue weighted by Crippen LogP contribution is 2.53. The fraction of sp³-hybridized carbons (Fsp3) is 0.750. The molecule has 4 rings (SSSR count). The van der Waals surface area contributed by atoms with Crippen LogP contribution in [0.3, 0.4) is 0 Å². The van der Waals surface area contributed by atoms with E-state index in [1.807, 2.05) is 0 Å². The molecule has 0 aliphatic heterocycles. The van der Waals surface area contributed by atoms with Crippen LogP contribution in [-0.4, -0.2) is 24.6 Å². The molecule has 4 atom stereocenters. The predicted octanol–water partition coefficient (Wildman–Crippen LogP) is 0.590. The van der Waals surface area contributed by atoms with E-state index < -0.39 is 5.92 Å². The van der Waals surface area contributed by atoms with E-state index in [9.17, 15) is 14.4 Å². The van der Waals surface area contributed by atoms with Crippen LogP contribution in [0.25, 0.3) is 0 Å². The minimum absolute atomic E-state index is 0.0346. The first-order valence-corrected chi connectivity index (χ1v) is 5.78. The molecule has 4 aliphatic carbocycles. The largest absolute Gasteiger partial charge is 0.469 e. The molecule has 16 heavy (non-hydrogen) atoms. The van der Waals surface area contributed by atoms with E-state index >= 15 is 0 Å². The Kier molecular flexibility index (Phi) is 1.97. The Bertz CT molecular complexity index is 358. The van der Waals surface area contributed by atoms with Gasteiger partial charge in [0.25, 0.3) is 0 Å². The molecule has 0 amide bonds. The Hall–Kier alpha value is -1.19. The monoisotopic (exact) mass is 222 g/mol. The first-order chi connectivity index (χ1) is 7.63. The van der Waals surface area contributed by atoms with E-state index in [-0.39, 0.29) is 41.2 Å².